The highest BCUT2D eigenvalue weighted by molar-refractivity contribution is 6.12. The highest BCUT2D eigenvalue weighted by Crippen LogP contribution is 2.47. The van der Waals surface area contributed by atoms with Gasteiger partial charge in [-0.1, -0.05) is 80.6 Å². The lowest BCUT2D eigenvalue weighted by atomic mass is 9.75. The van der Waals surface area contributed by atoms with Crippen molar-refractivity contribution in [2.45, 2.75) is 19.3 Å². The SMILES string of the molecule is CC1(C)c2ccccc2-n2c3ccc(-c4cccc(N5C=CC=CC5)c4)cc3c3cccc1c32. The number of nitrogens with zero attached hydrogens (tertiary/aromatic N) is 2. The van der Waals surface area contributed by atoms with Crippen LogP contribution in [-0.2, 0) is 5.41 Å². The summed E-state index contributed by atoms with van der Waals surface area (Å²) in [7, 11) is 0. The van der Waals surface area contributed by atoms with Gasteiger partial charge in [-0.2, -0.15) is 0 Å². The molecule has 7 rings (SSSR count). The van der Waals surface area contributed by atoms with Gasteiger partial charge in [-0.05, 0) is 58.7 Å². The Kier molecular flexibility index (Phi) is 3.99. The van der Waals surface area contributed by atoms with E-state index < -0.39 is 0 Å². The van der Waals surface area contributed by atoms with Crippen molar-refractivity contribution in [2.75, 3.05) is 11.4 Å². The summed E-state index contributed by atoms with van der Waals surface area (Å²) in [6, 6.07) is 31.5. The van der Waals surface area contributed by atoms with Crippen LogP contribution in [0.1, 0.15) is 25.0 Å². The molecule has 0 N–H and O–H groups in total. The Bertz CT molecular complexity index is 1660. The first-order valence-corrected chi connectivity index (χ1v) is 12.0. The van der Waals surface area contributed by atoms with Gasteiger partial charge in [-0.3, -0.25) is 0 Å². The molecule has 0 saturated carbocycles. The van der Waals surface area contributed by atoms with E-state index in [2.05, 4.69) is 133 Å². The van der Waals surface area contributed by atoms with E-state index in [0.29, 0.717) is 0 Å². The second kappa shape index (κ2) is 6.98. The summed E-state index contributed by atoms with van der Waals surface area (Å²) in [6.45, 7) is 5.61. The molecule has 2 aliphatic heterocycles. The van der Waals surface area contributed by atoms with Crippen LogP contribution in [0.15, 0.2) is 109 Å². The Morgan fingerprint density at radius 3 is 2.41 bits per heavy atom. The molecule has 0 bridgehead atoms. The van der Waals surface area contributed by atoms with Crippen molar-refractivity contribution in [3.8, 4) is 16.8 Å². The van der Waals surface area contributed by atoms with Crippen molar-refractivity contribution in [3.63, 3.8) is 0 Å². The van der Waals surface area contributed by atoms with Crippen molar-refractivity contribution in [1.82, 2.24) is 4.57 Å². The maximum absolute atomic E-state index is 2.48. The number of hydrogen-bond donors (Lipinski definition) is 0. The van der Waals surface area contributed by atoms with Gasteiger partial charge in [0.1, 0.15) is 0 Å². The molecule has 2 heteroatoms. The van der Waals surface area contributed by atoms with Crippen LogP contribution in [0.2, 0.25) is 0 Å². The predicted octanol–water partition coefficient (Wildman–Crippen LogP) is 7.98. The third-order valence-corrected chi connectivity index (χ3v) is 7.61. The summed E-state index contributed by atoms with van der Waals surface area (Å²) in [5.41, 5.74) is 10.4. The molecule has 0 aliphatic carbocycles. The fraction of sp³-hybridized carbons (Fsp3) is 0.125. The standard InChI is InChI=1S/C32H26N2/c1-32(2)27-13-4-5-15-30(27)34-29-17-16-23(21-26(29)25-12-9-14-28(32)31(25)34)22-10-8-11-24(20-22)33-18-6-3-7-19-33/h3-18,20-21H,19H2,1-2H3. The first-order chi connectivity index (χ1) is 16.6. The molecule has 0 fully saturated rings. The lowest BCUT2D eigenvalue weighted by molar-refractivity contribution is 0.630. The summed E-state index contributed by atoms with van der Waals surface area (Å²) >= 11 is 0. The molecule has 164 valence electrons. The van der Waals surface area contributed by atoms with Gasteiger partial charge < -0.3 is 9.47 Å². The minimum Gasteiger partial charge on any atom is -0.344 e. The molecule has 0 amide bonds. The quantitative estimate of drug-likeness (QED) is 0.271. The Hall–Kier alpha value is -4.04. The van der Waals surface area contributed by atoms with E-state index in [1.807, 2.05) is 0 Å². The number of hydrogen-bond acceptors (Lipinski definition) is 1. The fourth-order valence-corrected chi connectivity index (χ4v) is 5.87. The van der Waals surface area contributed by atoms with Gasteiger partial charge >= 0.3 is 0 Å². The number of anilines is 1. The minimum absolute atomic E-state index is 0.0337. The molecule has 0 spiro atoms. The molecular formula is C32H26N2. The Labute approximate surface area is 200 Å². The average molecular weight is 439 g/mol. The topological polar surface area (TPSA) is 8.17 Å². The van der Waals surface area contributed by atoms with Crippen LogP contribution >= 0.6 is 0 Å². The van der Waals surface area contributed by atoms with Crippen LogP contribution in [0.3, 0.4) is 0 Å². The van der Waals surface area contributed by atoms with Gasteiger partial charge in [-0.15, -0.1) is 0 Å². The van der Waals surface area contributed by atoms with E-state index in [4.69, 9.17) is 0 Å². The Balaban J connectivity index is 1.47. The molecule has 1 aromatic heterocycles. The van der Waals surface area contributed by atoms with Crippen LogP contribution in [0.25, 0.3) is 38.6 Å². The molecule has 0 unspecified atom stereocenters. The summed E-state index contributed by atoms with van der Waals surface area (Å²) in [5, 5.41) is 2.64. The average Bonchev–Trinajstić information content (AvgIpc) is 3.22. The third kappa shape index (κ3) is 2.63. The third-order valence-electron chi connectivity index (χ3n) is 7.61. The molecule has 2 aliphatic rings. The summed E-state index contributed by atoms with van der Waals surface area (Å²) in [6.07, 6.45) is 8.53. The number of allylic oxidation sites excluding steroid dienone is 2. The monoisotopic (exact) mass is 438 g/mol. The van der Waals surface area contributed by atoms with Crippen molar-refractivity contribution in [3.05, 3.63) is 120 Å². The maximum Gasteiger partial charge on any atom is 0.0582 e. The Morgan fingerprint density at radius 2 is 1.53 bits per heavy atom. The number of aromatic nitrogens is 1. The molecule has 4 aromatic carbocycles. The second-order valence-corrected chi connectivity index (χ2v) is 9.88. The zero-order chi connectivity index (χ0) is 22.9. The van der Waals surface area contributed by atoms with Gasteiger partial charge in [0.15, 0.2) is 0 Å². The number of para-hydroxylation sites is 2. The van der Waals surface area contributed by atoms with E-state index >= 15 is 0 Å². The number of fused-ring (bicyclic) bond motifs is 5. The van der Waals surface area contributed by atoms with Crippen LogP contribution in [0.4, 0.5) is 5.69 Å². The molecular weight excluding hydrogens is 412 g/mol. The van der Waals surface area contributed by atoms with Crippen LogP contribution < -0.4 is 4.90 Å². The van der Waals surface area contributed by atoms with E-state index in [-0.39, 0.29) is 5.41 Å². The van der Waals surface area contributed by atoms with Crippen LogP contribution in [-0.4, -0.2) is 11.1 Å². The predicted molar refractivity (Wildman–Crippen MR) is 144 cm³/mol. The van der Waals surface area contributed by atoms with Gasteiger partial charge in [0.25, 0.3) is 0 Å². The smallest absolute Gasteiger partial charge is 0.0582 e. The molecule has 5 aromatic rings. The molecule has 0 radical (unpaired) electrons. The van der Waals surface area contributed by atoms with E-state index in [1.54, 1.807) is 0 Å². The molecule has 3 heterocycles. The zero-order valence-electron chi connectivity index (χ0n) is 19.5. The van der Waals surface area contributed by atoms with Crippen LogP contribution in [0, 0.1) is 0 Å². The van der Waals surface area contributed by atoms with Gasteiger partial charge in [0.05, 0.1) is 16.7 Å². The molecule has 0 atom stereocenters. The van der Waals surface area contributed by atoms with Gasteiger partial charge in [0.2, 0.25) is 0 Å². The molecule has 34 heavy (non-hydrogen) atoms. The largest absolute Gasteiger partial charge is 0.344 e. The van der Waals surface area contributed by atoms with Crippen molar-refractivity contribution >= 4 is 27.5 Å². The van der Waals surface area contributed by atoms with Crippen molar-refractivity contribution in [1.29, 1.82) is 0 Å². The first-order valence-electron chi connectivity index (χ1n) is 12.0. The normalized spacial score (nSPS) is 15.8. The highest BCUT2D eigenvalue weighted by Gasteiger charge is 2.34. The Morgan fingerprint density at radius 1 is 0.706 bits per heavy atom. The summed E-state index contributed by atoms with van der Waals surface area (Å²) in [4.78, 5) is 2.28. The van der Waals surface area contributed by atoms with Crippen molar-refractivity contribution < 1.29 is 0 Å². The van der Waals surface area contributed by atoms with E-state index in [1.165, 1.54) is 55.4 Å². The number of rotatable bonds is 2. The number of benzene rings is 4. The molecule has 0 saturated heterocycles. The minimum atomic E-state index is -0.0337. The van der Waals surface area contributed by atoms with E-state index in [0.717, 1.165) is 6.54 Å². The van der Waals surface area contributed by atoms with Crippen molar-refractivity contribution in [2.24, 2.45) is 0 Å². The zero-order valence-corrected chi connectivity index (χ0v) is 19.5. The highest BCUT2D eigenvalue weighted by atomic mass is 15.1. The maximum atomic E-state index is 2.48. The molecule has 2 nitrogen and oxygen atoms in total. The summed E-state index contributed by atoms with van der Waals surface area (Å²) < 4.78 is 2.48. The second-order valence-electron chi connectivity index (χ2n) is 9.88. The lowest BCUT2D eigenvalue weighted by Gasteiger charge is -2.34. The summed E-state index contributed by atoms with van der Waals surface area (Å²) in [5.74, 6) is 0. The fourth-order valence-electron chi connectivity index (χ4n) is 5.87. The van der Waals surface area contributed by atoms with Gasteiger partial charge in [0, 0.05) is 34.6 Å². The van der Waals surface area contributed by atoms with Gasteiger partial charge in [-0.25, -0.2) is 0 Å². The van der Waals surface area contributed by atoms with Crippen LogP contribution in [0.5, 0.6) is 0 Å². The van der Waals surface area contributed by atoms with E-state index in [9.17, 15) is 0 Å². The first kappa shape index (κ1) is 19.4. The lowest BCUT2D eigenvalue weighted by Crippen LogP contribution is -2.26.